The maximum Gasteiger partial charge on any atom is 0.324 e. The summed E-state index contributed by atoms with van der Waals surface area (Å²) >= 11 is 0. The zero-order valence-corrected chi connectivity index (χ0v) is 23.9. The number of ether oxygens (including phenoxy) is 2. The van der Waals surface area contributed by atoms with Gasteiger partial charge in [0.1, 0.15) is 18.9 Å². The van der Waals surface area contributed by atoms with Gasteiger partial charge in [-0.3, -0.25) is 14.9 Å². The van der Waals surface area contributed by atoms with Crippen LogP contribution in [0.5, 0.6) is 5.75 Å². The molecule has 0 aliphatic carbocycles. The molecular weight excluding hydrogens is 526 g/mol. The Morgan fingerprint density at radius 2 is 1.78 bits per heavy atom. The number of nitrogens with zero attached hydrogens (tertiary/aromatic N) is 1. The number of amides is 3. The van der Waals surface area contributed by atoms with Crippen LogP contribution in [0.4, 0.5) is 4.79 Å². The van der Waals surface area contributed by atoms with Gasteiger partial charge in [-0.05, 0) is 67.5 Å². The van der Waals surface area contributed by atoms with E-state index in [9.17, 15) is 24.6 Å². The normalized spacial score (nSPS) is 13.9. The minimum atomic E-state index is -0.714. The van der Waals surface area contributed by atoms with Crippen LogP contribution in [-0.4, -0.2) is 65.9 Å². The lowest BCUT2D eigenvalue weighted by atomic mass is 10.1. The van der Waals surface area contributed by atoms with Gasteiger partial charge < -0.3 is 29.9 Å². The molecule has 10 heteroatoms. The average molecular weight is 570 g/mol. The monoisotopic (exact) mass is 569 g/mol. The molecule has 3 amide bonds. The van der Waals surface area contributed by atoms with Gasteiger partial charge in [-0.1, -0.05) is 43.2 Å². The van der Waals surface area contributed by atoms with Crippen molar-refractivity contribution in [3.63, 3.8) is 0 Å². The summed E-state index contributed by atoms with van der Waals surface area (Å²) in [7, 11) is 0. The van der Waals surface area contributed by atoms with E-state index in [0.29, 0.717) is 24.2 Å². The molecule has 0 aromatic heterocycles. The number of aryl methyl sites for hydroxylation is 1. The number of imide groups is 1. The summed E-state index contributed by atoms with van der Waals surface area (Å²) in [5.74, 6) is -0.642. The number of benzene rings is 2. The molecule has 224 valence electrons. The smallest absolute Gasteiger partial charge is 0.324 e. The first-order chi connectivity index (χ1) is 19.8. The van der Waals surface area contributed by atoms with Crippen molar-refractivity contribution in [1.82, 2.24) is 15.5 Å². The van der Waals surface area contributed by atoms with Crippen molar-refractivity contribution in [2.75, 3.05) is 32.8 Å². The quantitative estimate of drug-likeness (QED) is 0.114. The van der Waals surface area contributed by atoms with Gasteiger partial charge >= 0.3 is 12.0 Å². The fourth-order valence-electron chi connectivity index (χ4n) is 4.62. The van der Waals surface area contributed by atoms with E-state index in [1.807, 2.05) is 12.1 Å². The highest BCUT2D eigenvalue weighted by Gasteiger charge is 2.26. The lowest BCUT2D eigenvalue weighted by Crippen LogP contribution is -2.27. The summed E-state index contributed by atoms with van der Waals surface area (Å²) in [6, 6.07) is 12.7. The fraction of sp³-hybridized carbons (Fsp3) is 0.516. The summed E-state index contributed by atoms with van der Waals surface area (Å²) < 4.78 is 10.7. The minimum absolute atomic E-state index is 0.0267. The third kappa shape index (κ3) is 11.9. The number of nitrogens with one attached hydrogen (secondary N) is 2. The Bertz CT molecular complexity index is 1140. The second-order valence-corrected chi connectivity index (χ2v) is 10.4. The standard InChI is InChI=1S/C31H43N3O7/c1-23(35)41-22-27-18-26(12-13-28(27)36)29(37)19-32-14-5-2-3-6-15-40-16-7-4-9-24-10-8-11-25(17-24)20-34-21-30(38)33-31(34)39/h8,10-13,17-18,29,32,36-37H,2-7,9,14-16,19-22H2,1H3,(H,33,38,39)/t29-/m0/s1. The van der Waals surface area contributed by atoms with E-state index in [1.165, 1.54) is 23.5 Å². The second-order valence-electron chi connectivity index (χ2n) is 10.4. The van der Waals surface area contributed by atoms with E-state index in [-0.39, 0.29) is 30.8 Å². The summed E-state index contributed by atoms with van der Waals surface area (Å²) in [4.78, 5) is 35.6. The molecule has 2 aromatic carbocycles. The third-order valence-corrected chi connectivity index (χ3v) is 6.89. The van der Waals surface area contributed by atoms with Gasteiger partial charge in [0.25, 0.3) is 0 Å². The van der Waals surface area contributed by atoms with Crippen molar-refractivity contribution in [2.24, 2.45) is 0 Å². The highest BCUT2D eigenvalue weighted by atomic mass is 16.5. The number of unbranched alkanes of at least 4 members (excludes halogenated alkanes) is 4. The fourth-order valence-corrected chi connectivity index (χ4v) is 4.62. The maximum atomic E-state index is 11.7. The van der Waals surface area contributed by atoms with Crippen LogP contribution in [0.1, 0.15) is 73.8 Å². The number of phenols is 1. The van der Waals surface area contributed by atoms with E-state index < -0.39 is 12.1 Å². The molecule has 1 saturated heterocycles. The highest BCUT2D eigenvalue weighted by Crippen LogP contribution is 2.23. The lowest BCUT2D eigenvalue weighted by Gasteiger charge is -2.14. The van der Waals surface area contributed by atoms with Crippen molar-refractivity contribution >= 4 is 17.9 Å². The summed E-state index contributed by atoms with van der Waals surface area (Å²) in [5.41, 5.74) is 3.38. The maximum absolute atomic E-state index is 11.7. The van der Waals surface area contributed by atoms with E-state index in [4.69, 9.17) is 9.47 Å². The number of rotatable bonds is 19. The number of carbonyl (C=O) groups is 3. The number of carbonyl (C=O) groups excluding carboxylic acids is 3. The molecule has 2 aromatic rings. The summed E-state index contributed by atoms with van der Waals surface area (Å²) in [5, 5.41) is 25.9. The molecule has 0 unspecified atom stereocenters. The molecule has 1 atom stereocenters. The lowest BCUT2D eigenvalue weighted by molar-refractivity contribution is -0.142. The molecule has 1 fully saturated rings. The molecule has 0 saturated carbocycles. The molecule has 1 heterocycles. The van der Waals surface area contributed by atoms with E-state index in [0.717, 1.165) is 70.3 Å². The Hall–Kier alpha value is -3.47. The minimum Gasteiger partial charge on any atom is -0.508 e. The number of phenolic OH excluding ortho intramolecular Hbond substituents is 1. The number of hydrogen-bond acceptors (Lipinski definition) is 8. The van der Waals surface area contributed by atoms with E-state index >= 15 is 0 Å². The van der Waals surface area contributed by atoms with Gasteiger partial charge in [0.05, 0.1) is 6.10 Å². The van der Waals surface area contributed by atoms with Gasteiger partial charge in [0, 0.05) is 38.8 Å². The van der Waals surface area contributed by atoms with Gasteiger partial charge in [0.2, 0.25) is 5.91 Å². The Morgan fingerprint density at radius 1 is 1.02 bits per heavy atom. The van der Waals surface area contributed by atoms with Gasteiger partial charge in [-0.25, -0.2) is 4.79 Å². The highest BCUT2D eigenvalue weighted by molar-refractivity contribution is 6.01. The van der Waals surface area contributed by atoms with Crippen LogP contribution in [0.25, 0.3) is 0 Å². The molecule has 1 aliphatic rings. The largest absolute Gasteiger partial charge is 0.508 e. The summed E-state index contributed by atoms with van der Waals surface area (Å²) in [6.45, 7) is 4.55. The Morgan fingerprint density at radius 3 is 2.54 bits per heavy atom. The summed E-state index contributed by atoms with van der Waals surface area (Å²) in [6.07, 6.45) is 6.47. The zero-order chi connectivity index (χ0) is 29.5. The Balaban J connectivity index is 1.16. The number of aromatic hydroxyl groups is 1. The topological polar surface area (TPSA) is 137 Å². The third-order valence-electron chi connectivity index (χ3n) is 6.89. The molecule has 10 nitrogen and oxygen atoms in total. The number of urea groups is 1. The van der Waals surface area contributed by atoms with Crippen molar-refractivity contribution in [2.45, 2.75) is 71.1 Å². The molecule has 0 spiro atoms. The number of aliphatic hydroxyl groups excluding tert-OH is 1. The van der Waals surface area contributed by atoms with Gasteiger partial charge in [0.15, 0.2) is 0 Å². The molecular formula is C31H43N3O7. The average Bonchev–Trinajstić information content (AvgIpc) is 3.26. The Kier molecular flexibility index (Phi) is 13.6. The van der Waals surface area contributed by atoms with Gasteiger partial charge in [-0.15, -0.1) is 0 Å². The second kappa shape index (κ2) is 17.4. The molecule has 0 radical (unpaired) electrons. The first-order valence-electron chi connectivity index (χ1n) is 14.4. The van der Waals surface area contributed by atoms with Gasteiger partial charge in [-0.2, -0.15) is 0 Å². The first kappa shape index (κ1) is 32.0. The molecule has 41 heavy (non-hydrogen) atoms. The van der Waals surface area contributed by atoms with Crippen LogP contribution in [0.2, 0.25) is 0 Å². The Labute approximate surface area is 242 Å². The first-order valence-corrected chi connectivity index (χ1v) is 14.4. The van der Waals surface area contributed by atoms with Crippen molar-refractivity contribution in [3.8, 4) is 5.75 Å². The number of esters is 1. The van der Waals surface area contributed by atoms with Crippen LogP contribution < -0.4 is 10.6 Å². The van der Waals surface area contributed by atoms with Crippen molar-refractivity contribution < 1.29 is 34.1 Å². The number of aliphatic hydroxyl groups is 1. The molecule has 0 bridgehead atoms. The van der Waals surface area contributed by atoms with E-state index in [2.05, 4.69) is 22.8 Å². The van der Waals surface area contributed by atoms with Crippen LogP contribution in [0.3, 0.4) is 0 Å². The van der Waals surface area contributed by atoms with Crippen molar-refractivity contribution in [1.29, 1.82) is 0 Å². The van der Waals surface area contributed by atoms with Crippen LogP contribution in [-0.2, 0) is 38.6 Å². The van der Waals surface area contributed by atoms with Crippen molar-refractivity contribution in [3.05, 3.63) is 64.7 Å². The SMILES string of the molecule is CC(=O)OCc1cc([C@@H](O)CNCCCCCCOCCCCc2cccc(CN3CC(=O)NC3=O)c2)ccc1O. The predicted molar refractivity (Wildman–Crippen MR) is 154 cm³/mol. The predicted octanol–water partition coefficient (Wildman–Crippen LogP) is 3.73. The van der Waals surface area contributed by atoms with Crippen LogP contribution in [0, 0.1) is 0 Å². The van der Waals surface area contributed by atoms with Crippen LogP contribution in [0.15, 0.2) is 42.5 Å². The molecule has 4 N–H and O–H groups in total. The van der Waals surface area contributed by atoms with Crippen LogP contribution >= 0.6 is 0 Å². The molecule has 1 aliphatic heterocycles. The number of hydrogen-bond donors (Lipinski definition) is 4. The molecule has 3 rings (SSSR count). The zero-order valence-electron chi connectivity index (χ0n) is 23.9. The van der Waals surface area contributed by atoms with E-state index in [1.54, 1.807) is 12.1 Å².